The number of rotatable bonds is 4. The Kier molecular flexibility index (Phi) is 3.84. The van der Waals surface area contributed by atoms with Gasteiger partial charge in [0.15, 0.2) is 5.76 Å². The van der Waals surface area contributed by atoms with Gasteiger partial charge in [0.1, 0.15) is 12.1 Å². The van der Waals surface area contributed by atoms with Crippen LogP contribution in [0.15, 0.2) is 41.0 Å². The molecule has 1 aromatic heterocycles. The van der Waals surface area contributed by atoms with E-state index in [4.69, 9.17) is 9.52 Å². The first-order valence-electron chi connectivity index (χ1n) is 5.86. The van der Waals surface area contributed by atoms with Crippen molar-refractivity contribution in [2.24, 2.45) is 0 Å². The molecule has 1 amide bonds. The highest BCUT2D eigenvalue weighted by atomic mass is 19.1. The van der Waals surface area contributed by atoms with Crippen LogP contribution in [0.2, 0.25) is 0 Å². The average molecular weight is 277 g/mol. The van der Waals surface area contributed by atoms with E-state index in [9.17, 15) is 14.0 Å². The molecule has 1 atom stereocenters. The van der Waals surface area contributed by atoms with E-state index in [1.165, 1.54) is 6.07 Å². The zero-order valence-corrected chi connectivity index (χ0v) is 10.6. The maximum Gasteiger partial charge on any atom is 0.338 e. The Morgan fingerprint density at radius 2 is 2.05 bits per heavy atom. The van der Waals surface area contributed by atoms with Crippen molar-refractivity contribution < 1.29 is 23.5 Å². The Morgan fingerprint density at radius 3 is 2.65 bits per heavy atom. The summed E-state index contributed by atoms with van der Waals surface area (Å²) >= 11 is 0. The molecular formula is C14H12FNO4. The number of aromatic carboxylic acids is 1. The molecule has 0 aliphatic rings. The molecule has 0 aliphatic heterocycles. The third kappa shape index (κ3) is 2.85. The minimum absolute atomic E-state index is 0.117. The molecule has 0 aliphatic carbocycles. The van der Waals surface area contributed by atoms with Crippen LogP contribution in [0, 0.1) is 5.82 Å². The van der Waals surface area contributed by atoms with Gasteiger partial charge in [0.2, 0.25) is 0 Å². The molecule has 2 aromatic rings. The van der Waals surface area contributed by atoms with E-state index in [0.717, 1.165) is 12.3 Å². The topological polar surface area (TPSA) is 79.5 Å². The molecule has 0 spiro atoms. The van der Waals surface area contributed by atoms with Gasteiger partial charge in [0.25, 0.3) is 5.91 Å². The number of nitrogens with one attached hydrogen (secondary N) is 1. The number of hydrogen-bond acceptors (Lipinski definition) is 3. The number of halogens is 1. The van der Waals surface area contributed by atoms with Crippen molar-refractivity contribution in [3.63, 3.8) is 0 Å². The summed E-state index contributed by atoms with van der Waals surface area (Å²) in [6, 6.07) is 6.63. The van der Waals surface area contributed by atoms with Gasteiger partial charge >= 0.3 is 5.97 Å². The number of carbonyl (C=O) groups excluding carboxylic acids is 1. The van der Waals surface area contributed by atoms with Crippen LogP contribution in [0.4, 0.5) is 4.39 Å². The van der Waals surface area contributed by atoms with E-state index in [-0.39, 0.29) is 11.3 Å². The molecule has 2 rings (SSSR count). The molecule has 0 bridgehead atoms. The number of carboxylic acid groups (broad SMARTS) is 1. The lowest BCUT2D eigenvalue weighted by molar-refractivity contribution is 0.0695. The van der Waals surface area contributed by atoms with Gasteiger partial charge in [-0.3, -0.25) is 4.79 Å². The molecule has 1 aromatic carbocycles. The molecule has 6 heteroatoms. The van der Waals surface area contributed by atoms with E-state index < -0.39 is 23.7 Å². The predicted molar refractivity (Wildman–Crippen MR) is 67.9 cm³/mol. The summed E-state index contributed by atoms with van der Waals surface area (Å²) in [5.41, 5.74) is 0.222. The Hall–Kier alpha value is -2.63. The Labute approximate surface area is 114 Å². The molecule has 0 radical (unpaired) electrons. The maximum absolute atomic E-state index is 13.6. The summed E-state index contributed by atoms with van der Waals surface area (Å²) < 4.78 is 18.4. The van der Waals surface area contributed by atoms with Gasteiger partial charge < -0.3 is 14.8 Å². The zero-order valence-electron chi connectivity index (χ0n) is 10.6. The van der Waals surface area contributed by atoms with Crippen LogP contribution in [-0.2, 0) is 0 Å². The fourth-order valence-electron chi connectivity index (χ4n) is 1.74. The minimum Gasteiger partial charge on any atom is -0.478 e. The van der Waals surface area contributed by atoms with Crippen LogP contribution >= 0.6 is 0 Å². The van der Waals surface area contributed by atoms with Gasteiger partial charge in [-0.2, -0.15) is 0 Å². The van der Waals surface area contributed by atoms with E-state index >= 15 is 0 Å². The van der Waals surface area contributed by atoms with Gasteiger partial charge in [-0.05, 0) is 13.0 Å². The van der Waals surface area contributed by atoms with Gasteiger partial charge in [0, 0.05) is 11.6 Å². The van der Waals surface area contributed by atoms with Gasteiger partial charge in [-0.1, -0.05) is 18.2 Å². The van der Waals surface area contributed by atoms with Crippen molar-refractivity contribution >= 4 is 11.9 Å². The fourth-order valence-corrected chi connectivity index (χ4v) is 1.74. The highest BCUT2D eigenvalue weighted by Crippen LogP contribution is 2.17. The first kappa shape index (κ1) is 13.8. The first-order valence-corrected chi connectivity index (χ1v) is 5.86. The average Bonchev–Trinajstić information content (AvgIpc) is 2.88. The second-order valence-corrected chi connectivity index (χ2v) is 4.22. The summed E-state index contributed by atoms with van der Waals surface area (Å²) in [7, 11) is 0. The van der Waals surface area contributed by atoms with Crippen LogP contribution in [0.25, 0.3) is 0 Å². The van der Waals surface area contributed by atoms with Crippen molar-refractivity contribution in [1.82, 2.24) is 5.32 Å². The molecule has 2 N–H and O–H groups in total. The second kappa shape index (κ2) is 5.56. The molecule has 0 fully saturated rings. The largest absolute Gasteiger partial charge is 0.478 e. The first-order chi connectivity index (χ1) is 9.49. The highest BCUT2D eigenvalue weighted by Gasteiger charge is 2.18. The second-order valence-electron chi connectivity index (χ2n) is 4.22. The van der Waals surface area contributed by atoms with Crippen molar-refractivity contribution in [1.29, 1.82) is 0 Å². The number of furan rings is 1. The van der Waals surface area contributed by atoms with Crippen molar-refractivity contribution in [2.45, 2.75) is 13.0 Å². The standard InChI is InChI=1S/C14H12FNO4/c1-8(10-4-2-3-5-11(10)15)16-13(17)12-6-9(7-20-12)14(18)19/h2-8H,1H3,(H,16,17)(H,18,19). The molecule has 20 heavy (non-hydrogen) atoms. The van der Waals surface area contributed by atoms with E-state index in [1.807, 2.05) is 0 Å². The quantitative estimate of drug-likeness (QED) is 0.900. The summed E-state index contributed by atoms with van der Waals surface area (Å²) in [6.07, 6.45) is 0.977. The van der Waals surface area contributed by atoms with Crippen LogP contribution in [0.3, 0.4) is 0 Å². The molecule has 104 valence electrons. The highest BCUT2D eigenvalue weighted by molar-refractivity contribution is 5.95. The van der Waals surface area contributed by atoms with Gasteiger partial charge in [0.05, 0.1) is 11.6 Å². The Bertz CT molecular complexity index is 650. The summed E-state index contributed by atoms with van der Waals surface area (Å²) in [5, 5.41) is 11.3. The Morgan fingerprint density at radius 1 is 1.35 bits per heavy atom. The summed E-state index contributed by atoms with van der Waals surface area (Å²) in [5.74, 6) is -2.35. The van der Waals surface area contributed by atoms with Crippen molar-refractivity contribution in [2.75, 3.05) is 0 Å². The third-order valence-electron chi connectivity index (χ3n) is 2.79. The van der Waals surface area contributed by atoms with Crippen LogP contribution in [0.1, 0.15) is 39.4 Å². The number of benzene rings is 1. The Balaban J connectivity index is 2.11. The van der Waals surface area contributed by atoms with E-state index in [0.29, 0.717) is 5.56 Å². The zero-order chi connectivity index (χ0) is 14.7. The number of carboxylic acids is 1. The molecule has 1 heterocycles. The normalized spacial score (nSPS) is 11.9. The summed E-state index contributed by atoms with van der Waals surface area (Å²) in [6.45, 7) is 1.62. The van der Waals surface area contributed by atoms with Gasteiger partial charge in [-0.15, -0.1) is 0 Å². The van der Waals surface area contributed by atoms with Crippen molar-refractivity contribution in [3.05, 3.63) is 59.3 Å². The molecule has 1 unspecified atom stereocenters. The van der Waals surface area contributed by atoms with E-state index in [1.54, 1.807) is 25.1 Å². The molecular weight excluding hydrogens is 265 g/mol. The predicted octanol–water partition coefficient (Wildman–Crippen LogP) is 2.61. The van der Waals surface area contributed by atoms with E-state index in [2.05, 4.69) is 5.32 Å². The molecule has 5 nitrogen and oxygen atoms in total. The lowest BCUT2D eigenvalue weighted by atomic mass is 10.1. The van der Waals surface area contributed by atoms with Crippen LogP contribution in [-0.4, -0.2) is 17.0 Å². The minimum atomic E-state index is -1.19. The van der Waals surface area contributed by atoms with Crippen LogP contribution < -0.4 is 5.32 Å². The number of carbonyl (C=O) groups is 2. The number of hydrogen-bond donors (Lipinski definition) is 2. The lowest BCUT2D eigenvalue weighted by Crippen LogP contribution is -2.26. The maximum atomic E-state index is 13.6. The van der Waals surface area contributed by atoms with Crippen LogP contribution in [0.5, 0.6) is 0 Å². The fraction of sp³-hybridized carbons (Fsp3) is 0.143. The molecule has 0 saturated carbocycles. The van der Waals surface area contributed by atoms with Crippen molar-refractivity contribution in [3.8, 4) is 0 Å². The smallest absolute Gasteiger partial charge is 0.338 e. The summed E-state index contributed by atoms with van der Waals surface area (Å²) in [4.78, 5) is 22.5. The lowest BCUT2D eigenvalue weighted by Gasteiger charge is -2.13. The monoisotopic (exact) mass is 277 g/mol. The molecule has 0 saturated heterocycles. The van der Waals surface area contributed by atoms with Gasteiger partial charge in [-0.25, -0.2) is 9.18 Å². The SMILES string of the molecule is CC(NC(=O)c1cc(C(=O)O)co1)c1ccccc1F. The number of amides is 1. The third-order valence-corrected chi connectivity index (χ3v) is 2.79.